The van der Waals surface area contributed by atoms with Crippen LogP contribution in [0.4, 0.5) is 11.8 Å². The van der Waals surface area contributed by atoms with Crippen LogP contribution >= 0.6 is 0 Å². The highest BCUT2D eigenvalue weighted by Gasteiger charge is 2.27. The molecule has 31 heavy (non-hydrogen) atoms. The van der Waals surface area contributed by atoms with Crippen molar-refractivity contribution in [1.82, 2.24) is 14.9 Å². The van der Waals surface area contributed by atoms with Gasteiger partial charge in [-0.1, -0.05) is 46.0 Å². The highest BCUT2D eigenvalue weighted by molar-refractivity contribution is 5.53. The highest BCUT2D eigenvalue weighted by atomic mass is 15.3. The van der Waals surface area contributed by atoms with Crippen LogP contribution in [0.5, 0.6) is 0 Å². The van der Waals surface area contributed by atoms with E-state index in [1.807, 2.05) is 0 Å². The van der Waals surface area contributed by atoms with E-state index in [9.17, 15) is 0 Å². The Kier molecular flexibility index (Phi) is 8.46. The fourth-order valence-electron chi connectivity index (χ4n) is 5.83. The molecule has 1 N–H and O–H groups in total. The number of likely N-dealkylation sites (tertiary alicyclic amines) is 1. The van der Waals surface area contributed by atoms with Crippen molar-refractivity contribution in [3.8, 4) is 0 Å². The molecule has 1 aromatic rings. The second kappa shape index (κ2) is 11.5. The summed E-state index contributed by atoms with van der Waals surface area (Å²) in [7, 11) is 0. The van der Waals surface area contributed by atoms with Gasteiger partial charge in [0.25, 0.3) is 0 Å². The lowest BCUT2D eigenvalue weighted by Crippen LogP contribution is -2.38. The van der Waals surface area contributed by atoms with Gasteiger partial charge in [0.1, 0.15) is 5.82 Å². The first-order valence-corrected chi connectivity index (χ1v) is 13.4. The van der Waals surface area contributed by atoms with Crippen LogP contribution in [0.1, 0.15) is 95.7 Å². The predicted molar refractivity (Wildman–Crippen MR) is 131 cm³/mol. The molecule has 2 saturated heterocycles. The molecule has 174 valence electrons. The first kappa shape index (κ1) is 22.8. The molecular weight excluding hydrogens is 382 g/mol. The van der Waals surface area contributed by atoms with Gasteiger partial charge in [-0.3, -0.25) is 4.90 Å². The minimum absolute atomic E-state index is 0.629. The van der Waals surface area contributed by atoms with E-state index in [4.69, 9.17) is 9.97 Å². The Morgan fingerprint density at radius 3 is 2.39 bits per heavy atom. The number of hydrogen-bond donors (Lipinski definition) is 1. The molecule has 0 radical (unpaired) electrons. The number of anilines is 2. The van der Waals surface area contributed by atoms with Gasteiger partial charge in [-0.2, -0.15) is 4.98 Å². The van der Waals surface area contributed by atoms with Gasteiger partial charge in [0.05, 0.1) is 5.69 Å². The lowest BCUT2D eigenvalue weighted by molar-refractivity contribution is 0.214. The number of aromatic nitrogens is 2. The van der Waals surface area contributed by atoms with Gasteiger partial charge in [-0.15, -0.1) is 0 Å². The minimum Gasteiger partial charge on any atom is -0.356 e. The molecule has 5 nitrogen and oxygen atoms in total. The summed E-state index contributed by atoms with van der Waals surface area (Å²) in [6.45, 7) is 10.5. The van der Waals surface area contributed by atoms with Crippen molar-refractivity contribution in [2.45, 2.75) is 103 Å². The summed E-state index contributed by atoms with van der Waals surface area (Å²) in [6.07, 6.45) is 16.7. The van der Waals surface area contributed by atoms with E-state index in [2.05, 4.69) is 29.0 Å². The first-order chi connectivity index (χ1) is 15.3. The molecule has 1 unspecified atom stereocenters. The molecule has 2 aliphatic heterocycles. The summed E-state index contributed by atoms with van der Waals surface area (Å²) in [5.74, 6) is 2.98. The molecule has 0 amide bonds. The summed E-state index contributed by atoms with van der Waals surface area (Å²) in [5.41, 5.74) is 2.79. The molecule has 1 aromatic heterocycles. The van der Waals surface area contributed by atoms with Crippen LogP contribution in [0.3, 0.4) is 0 Å². The van der Waals surface area contributed by atoms with Crippen LogP contribution in [0.2, 0.25) is 0 Å². The van der Waals surface area contributed by atoms with Crippen LogP contribution in [0.15, 0.2) is 0 Å². The largest absolute Gasteiger partial charge is 0.356 e. The zero-order chi connectivity index (χ0) is 21.5. The number of aryl methyl sites for hydroxylation is 1. The van der Waals surface area contributed by atoms with Gasteiger partial charge in [0.15, 0.2) is 0 Å². The van der Waals surface area contributed by atoms with Gasteiger partial charge < -0.3 is 10.2 Å². The monoisotopic (exact) mass is 427 g/mol. The second-order valence-corrected chi connectivity index (χ2v) is 10.1. The maximum atomic E-state index is 5.16. The predicted octanol–water partition coefficient (Wildman–Crippen LogP) is 5.44. The normalized spacial score (nSPS) is 22.9. The second-order valence-electron chi connectivity index (χ2n) is 10.1. The van der Waals surface area contributed by atoms with E-state index in [0.717, 1.165) is 44.3 Å². The molecule has 0 bridgehead atoms. The van der Waals surface area contributed by atoms with Gasteiger partial charge in [-0.05, 0) is 63.8 Å². The van der Waals surface area contributed by atoms with E-state index in [1.54, 1.807) is 0 Å². The number of hydrogen-bond acceptors (Lipinski definition) is 5. The zero-order valence-electron chi connectivity index (χ0n) is 20.2. The van der Waals surface area contributed by atoms with Gasteiger partial charge in [0, 0.05) is 37.8 Å². The average molecular weight is 428 g/mol. The van der Waals surface area contributed by atoms with Crippen LogP contribution in [-0.2, 0) is 12.8 Å². The Hall–Kier alpha value is -1.36. The van der Waals surface area contributed by atoms with Crippen LogP contribution in [0, 0.1) is 5.92 Å². The number of rotatable bonds is 8. The number of fused-ring (bicyclic) bond motifs is 1. The van der Waals surface area contributed by atoms with Crippen molar-refractivity contribution >= 4 is 11.8 Å². The van der Waals surface area contributed by atoms with E-state index >= 15 is 0 Å². The van der Waals surface area contributed by atoms with Crippen molar-refractivity contribution in [2.75, 3.05) is 42.9 Å². The fraction of sp³-hybridized carbons (Fsp3) is 0.846. The molecular formula is C26H45N5. The number of nitrogens with one attached hydrogen (secondary N) is 1. The van der Waals surface area contributed by atoms with E-state index in [1.165, 1.54) is 101 Å². The molecule has 4 rings (SSSR count). The Bertz CT molecular complexity index is 679. The van der Waals surface area contributed by atoms with E-state index in [-0.39, 0.29) is 0 Å². The van der Waals surface area contributed by atoms with Gasteiger partial charge >= 0.3 is 0 Å². The summed E-state index contributed by atoms with van der Waals surface area (Å²) in [6, 6.07) is 0.629. The fourth-order valence-corrected chi connectivity index (χ4v) is 5.83. The molecule has 1 atom stereocenters. The Labute approximate surface area is 190 Å². The SMILES string of the molecule is CCC(CC)CN1CCCC1CNc1nc2c(c(N3CCCCCC3)n1)CCCCC2. The highest BCUT2D eigenvalue weighted by Crippen LogP contribution is 2.30. The summed E-state index contributed by atoms with van der Waals surface area (Å²) >= 11 is 0. The van der Waals surface area contributed by atoms with Crippen LogP contribution < -0.4 is 10.2 Å². The standard InChI is InChI=1S/C26H45N5/c1-3-21(4-2)20-31-18-12-13-22(31)19-27-26-28-24-15-9-7-8-14-23(24)25(29-26)30-16-10-5-6-11-17-30/h21-22H,3-20H2,1-2H3,(H,27,28,29). The lowest BCUT2D eigenvalue weighted by Gasteiger charge is -2.29. The molecule has 0 saturated carbocycles. The maximum absolute atomic E-state index is 5.16. The molecule has 5 heteroatoms. The third-order valence-corrected chi connectivity index (χ3v) is 7.96. The van der Waals surface area contributed by atoms with Crippen molar-refractivity contribution < 1.29 is 0 Å². The van der Waals surface area contributed by atoms with Gasteiger partial charge in [-0.25, -0.2) is 4.98 Å². The smallest absolute Gasteiger partial charge is 0.224 e. The van der Waals surface area contributed by atoms with Crippen molar-refractivity contribution in [2.24, 2.45) is 5.92 Å². The molecule has 0 aromatic carbocycles. The van der Waals surface area contributed by atoms with Crippen LogP contribution in [-0.4, -0.2) is 53.6 Å². The Balaban J connectivity index is 1.48. The van der Waals surface area contributed by atoms with Crippen molar-refractivity contribution in [1.29, 1.82) is 0 Å². The summed E-state index contributed by atoms with van der Waals surface area (Å²) in [4.78, 5) is 15.5. The Morgan fingerprint density at radius 2 is 1.61 bits per heavy atom. The third kappa shape index (κ3) is 5.91. The molecule has 3 heterocycles. The first-order valence-electron chi connectivity index (χ1n) is 13.4. The van der Waals surface area contributed by atoms with Crippen molar-refractivity contribution in [3.63, 3.8) is 0 Å². The molecule has 3 aliphatic rings. The minimum atomic E-state index is 0.629. The molecule has 0 spiro atoms. The van der Waals surface area contributed by atoms with Crippen LogP contribution in [0.25, 0.3) is 0 Å². The van der Waals surface area contributed by atoms with Crippen molar-refractivity contribution in [3.05, 3.63) is 11.3 Å². The average Bonchev–Trinajstić information content (AvgIpc) is 2.98. The molecule has 1 aliphatic carbocycles. The van der Waals surface area contributed by atoms with E-state index in [0.29, 0.717) is 6.04 Å². The summed E-state index contributed by atoms with van der Waals surface area (Å²) in [5, 5.41) is 3.70. The maximum Gasteiger partial charge on any atom is 0.224 e. The zero-order valence-corrected chi connectivity index (χ0v) is 20.2. The Morgan fingerprint density at radius 1 is 0.871 bits per heavy atom. The van der Waals surface area contributed by atoms with E-state index < -0.39 is 0 Å². The lowest BCUT2D eigenvalue weighted by atomic mass is 10.0. The number of nitrogens with zero attached hydrogens (tertiary/aromatic N) is 4. The quantitative estimate of drug-likeness (QED) is 0.560. The summed E-state index contributed by atoms with van der Waals surface area (Å²) < 4.78 is 0. The topological polar surface area (TPSA) is 44.3 Å². The third-order valence-electron chi connectivity index (χ3n) is 7.96. The molecule has 2 fully saturated rings. The van der Waals surface area contributed by atoms with Gasteiger partial charge in [0.2, 0.25) is 5.95 Å².